The molecule has 21 heavy (non-hydrogen) atoms. The molecule has 2 rings (SSSR count). The van der Waals surface area contributed by atoms with Crippen LogP contribution < -0.4 is 4.74 Å². The predicted octanol–water partition coefficient (Wildman–Crippen LogP) is 4.53. The molecule has 0 fully saturated rings. The summed E-state index contributed by atoms with van der Waals surface area (Å²) in [5, 5.41) is 9.49. The smallest absolute Gasteiger partial charge is 0.145 e. The number of benzene rings is 1. The minimum Gasteiger partial charge on any atom is -0.455 e. The fourth-order valence-corrected chi connectivity index (χ4v) is 2.16. The lowest BCUT2D eigenvalue weighted by Crippen LogP contribution is -2.12. The first-order valence-electron chi connectivity index (χ1n) is 7.20. The molecule has 0 aliphatic carbocycles. The Morgan fingerprint density at radius 1 is 1.14 bits per heavy atom. The Hall–Kier alpha value is -1.87. The summed E-state index contributed by atoms with van der Waals surface area (Å²) in [6, 6.07) is 9.88. The number of ether oxygens (including phenoxy) is 1. The highest BCUT2D eigenvalue weighted by atomic mass is 16.5. The van der Waals surface area contributed by atoms with Crippen LogP contribution >= 0.6 is 0 Å². The van der Waals surface area contributed by atoms with Crippen LogP contribution in [0, 0.1) is 6.92 Å². The Labute approximate surface area is 126 Å². The summed E-state index contributed by atoms with van der Waals surface area (Å²) in [5.41, 5.74) is 2.97. The Morgan fingerprint density at radius 3 is 2.38 bits per heavy atom. The standard InChI is InChI=1S/C18H23NO2/c1-12-6-8-15(18(3,4)5)17(10-12)21-14-7-9-16(13(2)20)19-11-14/h6-11,13,20H,1-5H3. The maximum atomic E-state index is 9.49. The Morgan fingerprint density at radius 2 is 1.86 bits per heavy atom. The zero-order valence-electron chi connectivity index (χ0n) is 13.3. The molecule has 2 aromatic rings. The molecule has 0 saturated carbocycles. The number of hydrogen-bond acceptors (Lipinski definition) is 3. The van der Waals surface area contributed by atoms with Crippen LogP contribution in [0.1, 0.15) is 50.6 Å². The predicted molar refractivity (Wildman–Crippen MR) is 84.8 cm³/mol. The minimum absolute atomic E-state index is 0.00994. The van der Waals surface area contributed by atoms with Crippen LogP contribution in [0.3, 0.4) is 0 Å². The van der Waals surface area contributed by atoms with E-state index >= 15 is 0 Å². The molecule has 1 N–H and O–H groups in total. The van der Waals surface area contributed by atoms with Gasteiger partial charge in [-0.25, -0.2) is 0 Å². The second-order valence-corrected chi connectivity index (χ2v) is 6.45. The van der Waals surface area contributed by atoms with E-state index in [1.807, 2.05) is 19.1 Å². The summed E-state index contributed by atoms with van der Waals surface area (Å²) >= 11 is 0. The summed E-state index contributed by atoms with van der Waals surface area (Å²) in [4.78, 5) is 4.21. The van der Waals surface area contributed by atoms with Gasteiger partial charge in [-0.15, -0.1) is 0 Å². The van der Waals surface area contributed by atoms with Gasteiger partial charge in [0.2, 0.25) is 0 Å². The van der Waals surface area contributed by atoms with E-state index in [2.05, 4.69) is 37.9 Å². The second kappa shape index (κ2) is 5.86. The number of aryl methyl sites for hydroxylation is 1. The molecule has 1 atom stereocenters. The highest BCUT2D eigenvalue weighted by Crippen LogP contribution is 2.34. The molecular formula is C18H23NO2. The summed E-state index contributed by atoms with van der Waals surface area (Å²) in [7, 11) is 0. The molecule has 0 spiro atoms. The van der Waals surface area contributed by atoms with Gasteiger partial charge < -0.3 is 9.84 Å². The Balaban J connectivity index is 2.32. The number of aliphatic hydroxyl groups excluding tert-OH is 1. The average Bonchev–Trinajstić information content (AvgIpc) is 2.38. The minimum atomic E-state index is -0.567. The molecule has 0 bridgehead atoms. The summed E-state index contributed by atoms with van der Waals surface area (Å²) in [6.45, 7) is 10.2. The van der Waals surface area contributed by atoms with Crippen molar-refractivity contribution in [1.29, 1.82) is 0 Å². The van der Waals surface area contributed by atoms with Gasteiger partial charge in [-0.2, -0.15) is 0 Å². The normalized spacial score (nSPS) is 13.0. The summed E-state index contributed by atoms with van der Waals surface area (Å²) in [6.07, 6.45) is 1.08. The molecule has 0 aliphatic rings. The van der Waals surface area contributed by atoms with Gasteiger partial charge in [0.1, 0.15) is 11.5 Å². The van der Waals surface area contributed by atoms with Crippen LogP contribution in [0.2, 0.25) is 0 Å². The summed E-state index contributed by atoms with van der Waals surface area (Å²) < 4.78 is 6.01. The van der Waals surface area contributed by atoms with E-state index in [-0.39, 0.29) is 5.41 Å². The third-order valence-corrected chi connectivity index (χ3v) is 3.36. The van der Waals surface area contributed by atoms with Gasteiger partial charge in [-0.05, 0) is 43.0 Å². The molecule has 0 aliphatic heterocycles. The molecule has 1 aromatic carbocycles. The van der Waals surface area contributed by atoms with Crippen molar-refractivity contribution in [3.8, 4) is 11.5 Å². The lowest BCUT2D eigenvalue weighted by molar-refractivity contribution is 0.194. The van der Waals surface area contributed by atoms with E-state index in [1.54, 1.807) is 19.2 Å². The maximum absolute atomic E-state index is 9.49. The lowest BCUT2D eigenvalue weighted by atomic mass is 9.86. The van der Waals surface area contributed by atoms with Gasteiger partial charge in [0.25, 0.3) is 0 Å². The third-order valence-electron chi connectivity index (χ3n) is 3.36. The van der Waals surface area contributed by atoms with Gasteiger partial charge in [0, 0.05) is 5.56 Å². The van der Waals surface area contributed by atoms with Crippen molar-refractivity contribution in [3.63, 3.8) is 0 Å². The molecular weight excluding hydrogens is 262 g/mol. The van der Waals surface area contributed by atoms with Crippen molar-refractivity contribution >= 4 is 0 Å². The molecule has 1 heterocycles. The van der Waals surface area contributed by atoms with Crippen LogP contribution in [-0.4, -0.2) is 10.1 Å². The molecule has 112 valence electrons. The van der Waals surface area contributed by atoms with Crippen molar-refractivity contribution in [2.45, 2.75) is 46.1 Å². The number of nitrogens with zero attached hydrogens (tertiary/aromatic N) is 1. The first kappa shape index (κ1) is 15.5. The fourth-order valence-electron chi connectivity index (χ4n) is 2.16. The highest BCUT2D eigenvalue weighted by Gasteiger charge is 2.19. The van der Waals surface area contributed by atoms with E-state index in [1.165, 1.54) is 0 Å². The number of aliphatic hydroxyl groups is 1. The van der Waals surface area contributed by atoms with E-state index in [4.69, 9.17) is 4.74 Å². The van der Waals surface area contributed by atoms with Crippen molar-refractivity contribution in [2.24, 2.45) is 0 Å². The first-order chi connectivity index (χ1) is 9.77. The molecule has 1 aromatic heterocycles. The quantitative estimate of drug-likeness (QED) is 0.900. The van der Waals surface area contributed by atoms with Gasteiger partial charge in [0.05, 0.1) is 18.0 Å². The molecule has 3 heteroatoms. The van der Waals surface area contributed by atoms with Crippen LogP contribution in [0.4, 0.5) is 0 Å². The zero-order chi connectivity index (χ0) is 15.6. The largest absolute Gasteiger partial charge is 0.455 e. The van der Waals surface area contributed by atoms with Crippen molar-refractivity contribution < 1.29 is 9.84 Å². The van der Waals surface area contributed by atoms with E-state index in [9.17, 15) is 5.11 Å². The van der Waals surface area contributed by atoms with Gasteiger partial charge in [-0.1, -0.05) is 32.9 Å². The highest BCUT2D eigenvalue weighted by molar-refractivity contribution is 5.43. The monoisotopic (exact) mass is 285 g/mol. The van der Waals surface area contributed by atoms with Crippen LogP contribution in [0.5, 0.6) is 11.5 Å². The topological polar surface area (TPSA) is 42.4 Å². The zero-order valence-corrected chi connectivity index (χ0v) is 13.3. The lowest BCUT2D eigenvalue weighted by Gasteiger charge is -2.23. The van der Waals surface area contributed by atoms with E-state index < -0.39 is 6.10 Å². The number of aromatic nitrogens is 1. The number of pyridine rings is 1. The van der Waals surface area contributed by atoms with Crippen LogP contribution in [-0.2, 0) is 5.41 Å². The SMILES string of the molecule is Cc1ccc(C(C)(C)C)c(Oc2ccc(C(C)O)nc2)c1. The average molecular weight is 285 g/mol. The first-order valence-corrected chi connectivity index (χ1v) is 7.20. The fraction of sp³-hybridized carbons (Fsp3) is 0.389. The maximum Gasteiger partial charge on any atom is 0.145 e. The molecule has 1 unspecified atom stereocenters. The summed E-state index contributed by atoms with van der Waals surface area (Å²) in [5.74, 6) is 1.53. The molecule has 3 nitrogen and oxygen atoms in total. The molecule has 0 radical (unpaired) electrons. The van der Waals surface area contributed by atoms with Gasteiger partial charge >= 0.3 is 0 Å². The second-order valence-electron chi connectivity index (χ2n) is 6.45. The Kier molecular flexibility index (Phi) is 4.33. The van der Waals surface area contributed by atoms with Crippen LogP contribution in [0.15, 0.2) is 36.5 Å². The molecule has 0 amide bonds. The van der Waals surface area contributed by atoms with E-state index in [0.717, 1.165) is 16.9 Å². The van der Waals surface area contributed by atoms with E-state index in [0.29, 0.717) is 11.4 Å². The number of rotatable bonds is 3. The van der Waals surface area contributed by atoms with Gasteiger partial charge in [-0.3, -0.25) is 4.98 Å². The molecule has 0 saturated heterocycles. The third kappa shape index (κ3) is 3.82. The van der Waals surface area contributed by atoms with Crippen molar-refractivity contribution in [3.05, 3.63) is 53.3 Å². The number of hydrogen-bond donors (Lipinski definition) is 1. The van der Waals surface area contributed by atoms with Crippen molar-refractivity contribution in [1.82, 2.24) is 4.98 Å². The van der Waals surface area contributed by atoms with Gasteiger partial charge in [0.15, 0.2) is 0 Å². The van der Waals surface area contributed by atoms with Crippen LogP contribution in [0.25, 0.3) is 0 Å². The van der Waals surface area contributed by atoms with Crippen molar-refractivity contribution in [2.75, 3.05) is 0 Å². The Bertz CT molecular complexity index is 610.